The molecular weight excluding hydrogens is 262 g/mol. The van der Waals surface area contributed by atoms with E-state index in [-0.39, 0.29) is 0 Å². The second kappa shape index (κ2) is 7.00. The molecule has 110 valence electrons. The second-order valence-corrected chi connectivity index (χ2v) is 5.14. The normalized spacial score (nSPS) is 10.6. The fraction of sp³-hybridized carbons (Fsp3) is 0.438. The Kier molecular flexibility index (Phi) is 5.07. The number of nitrogens with zero attached hydrogens (tertiary/aromatic N) is 4. The van der Waals surface area contributed by atoms with Gasteiger partial charge in [-0.05, 0) is 44.5 Å². The average molecular weight is 283 g/mol. The molecule has 0 amide bonds. The summed E-state index contributed by atoms with van der Waals surface area (Å²) in [6.45, 7) is 8.82. The molecule has 0 fully saturated rings. The van der Waals surface area contributed by atoms with Gasteiger partial charge in [0.15, 0.2) is 0 Å². The van der Waals surface area contributed by atoms with E-state index in [0.29, 0.717) is 12.2 Å². The smallest absolute Gasteiger partial charge is 0.140 e. The Bertz CT molecular complexity index is 651. The molecule has 0 saturated carbocycles. The van der Waals surface area contributed by atoms with Gasteiger partial charge in [-0.1, -0.05) is 6.92 Å². The molecule has 21 heavy (non-hydrogen) atoms. The molecule has 2 aromatic rings. The van der Waals surface area contributed by atoms with E-state index in [1.54, 1.807) is 6.20 Å². The highest BCUT2D eigenvalue weighted by atomic mass is 15.3. The molecule has 0 unspecified atom stereocenters. The summed E-state index contributed by atoms with van der Waals surface area (Å²) < 4.78 is 1.99. The summed E-state index contributed by atoms with van der Waals surface area (Å²) in [5, 5.41) is 16.9. The van der Waals surface area contributed by atoms with Crippen LogP contribution >= 0.6 is 0 Å². The molecule has 2 aromatic heterocycles. The first-order valence-corrected chi connectivity index (χ1v) is 7.24. The van der Waals surface area contributed by atoms with Crippen molar-refractivity contribution < 1.29 is 0 Å². The standard InChI is InChI=1S/C16H21N5/c1-4-6-18-10-16-12(2)20-21(13(16)3)11-14-5-7-19-15(8-14)9-17/h5,7-8,18H,4,6,10-11H2,1-3H3. The van der Waals surface area contributed by atoms with Gasteiger partial charge in [0.2, 0.25) is 0 Å². The molecule has 0 bridgehead atoms. The Morgan fingerprint density at radius 2 is 2.19 bits per heavy atom. The fourth-order valence-electron chi connectivity index (χ4n) is 2.34. The number of pyridine rings is 1. The van der Waals surface area contributed by atoms with Crippen molar-refractivity contribution in [3.63, 3.8) is 0 Å². The van der Waals surface area contributed by atoms with E-state index in [9.17, 15) is 0 Å². The van der Waals surface area contributed by atoms with Crippen molar-refractivity contribution in [1.82, 2.24) is 20.1 Å². The SMILES string of the molecule is CCCNCc1c(C)nn(Cc2ccnc(C#N)c2)c1C. The van der Waals surface area contributed by atoms with Gasteiger partial charge >= 0.3 is 0 Å². The number of hydrogen-bond acceptors (Lipinski definition) is 4. The fourth-order valence-corrected chi connectivity index (χ4v) is 2.34. The monoisotopic (exact) mass is 283 g/mol. The summed E-state index contributed by atoms with van der Waals surface area (Å²) >= 11 is 0. The van der Waals surface area contributed by atoms with Gasteiger partial charge in [0.05, 0.1) is 12.2 Å². The van der Waals surface area contributed by atoms with Gasteiger partial charge in [-0.25, -0.2) is 4.98 Å². The van der Waals surface area contributed by atoms with Gasteiger partial charge in [0, 0.05) is 24.0 Å². The zero-order chi connectivity index (χ0) is 15.2. The highest BCUT2D eigenvalue weighted by Gasteiger charge is 2.11. The number of nitrogens with one attached hydrogen (secondary N) is 1. The van der Waals surface area contributed by atoms with E-state index >= 15 is 0 Å². The summed E-state index contributed by atoms with van der Waals surface area (Å²) in [6.07, 6.45) is 2.80. The molecule has 0 aliphatic rings. The second-order valence-electron chi connectivity index (χ2n) is 5.14. The van der Waals surface area contributed by atoms with Crippen LogP contribution in [0.5, 0.6) is 0 Å². The molecule has 0 spiro atoms. The molecule has 1 N–H and O–H groups in total. The first-order chi connectivity index (χ1) is 10.2. The lowest BCUT2D eigenvalue weighted by Gasteiger charge is -2.06. The number of aryl methyl sites for hydroxylation is 1. The molecule has 0 atom stereocenters. The van der Waals surface area contributed by atoms with Crippen LogP contribution in [0.25, 0.3) is 0 Å². The number of nitriles is 1. The first-order valence-electron chi connectivity index (χ1n) is 7.24. The van der Waals surface area contributed by atoms with Crippen molar-refractivity contribution in [2.24, 2.45) is 0 Å². The molecule has 5 nitrogen and oxygen atoms in total. The van der Waals surface area contributed by atoms with Gasteiger partial charge in [0.25, 0.3) is 0 Å². The quantitative estimate of drug-likeness (QED) is 0.826. The number of aromatic nitrogens is 3. The van der Waals surface area contributed by atoms with E-state index in [2.05, 4.69) is 35.3 Å². The van der Waals surface area contributed by atoms with Gasteiger partial charge in [-0.15, -0.1) is 0 Å². The van der Waals surface area contributed by atoms with Crippen molar-refractivity contribution in [3.8, 4) is 6.07 Å². The van der Waals surface area contributed by atoms with Crippen molar-refractivity contribution in [1.29, 1.82) is 5.26 Å². The third-order valence-electron chi connectivity index (χ3n) is 3.53. The number of hydrogen-bond donors (Lipinski definition) is 1. The molecule has 0 aliphatic heterocycles. The first kappa shape index (κ1) is 15.2. The summed E-state index contributed by atoms with van der Waals surface area (Å²) in [7, 11) is 0. The molecule has 0 radical (unpaired) electrons. The molecule has 2 rings (SSSR count). The topological polar surface area (TPSA) is 66.5 Å². The van der Waals surface area contributed by atoms with E-state index in [4.69, 9.17) is 5.26 Å². The Morgan fingerprint density at radius 3 is 2.90 bits per heavy atom. The summed E-state index contributed by atoms with van der Waals surface area (Å²) in [4.78, 5) is 3.99. The zero-order valence-corrected chi connectivity index (χ0v) is 12.8. The van der Waals surface area contributed by atoms with Gasteiger partial charge in [-0.3, -0.25) is 4.68 Å². The summed E-state index contributed by atoms with van der Waals surface area (Å²) in [6, 6.07) is 5.80. The Morgan fingerprint density at radius 1 is 1.38 bits per heavy atom. The third kappa shape index (κ3) is 3.67. The Balaban J connectivity index is 2.17. The molecule has 5 heteroatoms. The third-order valence-corrected chi connectivity index (χ3v) is 3.53. The molecule has 2 heterocycles. The van der Waals surface area contributed by atoms with Gasteiger partial charge in [0.1, 0.15) is 11.8 Å². The zero-order valence-electron chi connectivity index (χ0n) is 12.8. The summed E-state index contributed by atoms with van der Waals surface area (Å²) in [5.74, 6) is 0. The van der Waals surface area contributed by atoms with Gasteiger partial charge < -0.3 is 5.32 Å². The largest absolute Gasteiger partial charge is 0.313 e. The van der Waals surface area contributed by atoms with Crippen LogP contribution in [0.1, 0.15) is 41.6 Å². The summed E-state index contributed by atoms with van der Waals surface area (Å²) in [5.41, 5.74) is 4.98. The van der Waals surface area contributed by atoms with Crippen LogP contribution in [-0.2, 0) is 13.1 Å². The van der Waals surface area contributed by atoms with E-state index < -0.39 is 0 Å². The van der Waals surface area contributed by atoms with Crippen molar-refractivity contribution in [2.75, 3.05) is 6.54 Å². The van der Waals surface area contributed by atoms with Gasteiger partial charge in [-0.2, -0.15) is 10.4 Å². The maximum Gasteiger partial charge on any atom is 0.140 e. The van der Waals surface area contributed by atoms with E-state index in [1.165, 1.54) is 11.3 Å². The van der Waals surface area contributed by atoms with Crippen LogP contribution < -0.4 is 5.32 Å². The van der Waals surface area contributed by atoms with Crippen LogP contribution in [0.4, 0.5) is 0 Å². The minimum atomic E-state index is 0.443. The highest BCUT2D eigenvalue weighted by Crippen LogP contribution is 2.14. The van der Waals surface area contributed by atoms with E-state index in [0.717, 1.165) is 30.8 Å². The predicted molar refractivity (Wildman–Crippen MR) is 81.8 cm³/mol. The predicted octanol–water partition coefficient (Wildman–Crippen LogP) is 2.31. The molecular formula is C16H21N5. The Hall–Kier alpha value is -2.19. The lowest BCUT2D eigenvalue weighted by atomic mass is 10.2. The maximum atomic E-state index is 8.91. The average Bonchev–Trinajstić information content (AvgIpc) is 2.75. The molecule has 0 aliphatic carbocycles. The van der Waals surface area contributed by atoms with Crippen LogP contribution in [0.2, 0.25) is 0 Å². The van der Waals surface area contributed by atoms with Crippen LogP contribution in [-0.4, -0.2) is 21.3 Å². The highest BCUT2D eigenvalue weighted by molar-refractivity contribution is 5.28. The Labute approximate surface area is 125 Å². The molecule has 0 saturated heterocycles. The van der Waals surface area contributed by atoms with Crippen molar-refractivity contribution in [3.05, 3.63) is 46.5 Å². The number of rotatable bonds is 6. The van der Waals surface area contributed by atoms with E-state index in [1.807, 2.05) is 23.7 Å². The maximum absolute atomic E-state index is 8.91. The van der Waals surface area contributed by atoms with Crippen molar-refractivity contribution >= 4 is 0 Å². The van der Waals surface area contributed by atoms with Crippen LogP contribution in [0.15, 0.2) is 18.3 Å². The van der Waals surface area contributed by atoms with Crippen LogP contribution in [0.3, 0.4) is 0 Å². The lowest BCUT2D eigenvalue weighted by molar-refractivity contribution is 0.649. The minimum Gasteiger partial charge on any atom is -0.313 e. The molecule has 0 aromatic carbocycles. The van der Waals surface area contributed by atoms with Crippen LogP contribution in [0, 0.1) is 25.2 Å². The lowest BCUT2D eigenvalue weighted by Crippen LogP contribution is -2.15. The van der Waals surface area contributed by atoms with Crippen molar-refractivity contribution in [2.45, 2.75) is 40.3 Å². The minimum absolute atomic E-state index is 0.443.